The minimum Gasteiger partial charge on any atom is -0.496 e. The van der Waals surface area contributed by atoms with E-state index >= 15 is 0 Å². The third-order valence-electron chi connectivity index (χ3n) is 12.2. The molecule has 3 unspecified atom stereocenters. The number of para-hydroxylation sites is 1. The lowest BCUT2D eigenvalue weighted by Crippen LogP contribution is -2.52. The normalized spacial score (nSPS) is 20.7. The number of piperazine rings is 1. The van der Waals surface area contributed by atoms with Crippen LogP contribution in [0.4, 0.5) is 17.2 Å². The highest BCUT2D eigenvalue weighted by Gasteiger charge is 2.49. The van der Waals surface area contributed by atoms with Crippen LogP contribution in [0.15, 0.2) is 60.8 Å². The second-order valence-electron chi connectivity index (χ2n) is 15.7. The summed E-state index contributed by atoms with van der Waals surface area (Å²) in [5, 5.41) is 14.8. The first-order valence-corrected chi connectivity index (χ1v) is 20.0. The number of pyridine rings is 1. The van der Waals surface area contributed by atoms with Crippen molar-refractivity contribution in [2.45, 2.75) is 77.2 Å². The van der Waals surface area contributed by atoms with Gasteiger partial charge < -0.3 is 29.5 Å². The Balaban J connectivity index is 0.864. The minimum absolute atomic E-state index is 0.00580. The van der Waals surface area contributed by atoms with Crippen LogP contribution in [0.25, 0.3) is 11.3 Å². The summed E-state index contributed by atoms with van der Waals surface area (Å²) in [6, 6.07) is 18.3. The number of imide groups is 1. The Labute approximate surface area is 333 Å². The summed E-state index contributed by atoms with van der Waals surface area (Å²) < 4.78 is 12.3. The maximum absolute atomic E-state index is 13.4. The highest BCUT2D eigenvalue weighted by Crippen LogP contribution is 2.45. The summed E-state index contributed by atoms with van der Waals surface area (Å²) >= 11 is 0. The van der Waals surface area contributed by atoms with Gasteiger partial charge in [0.05, 0.1) is 30.6 Å². The first-order chi connectivity index (χ1) is 27.7. The topological polar surface area (TPSA) is 145 Å². The fourth-order valence-electron chi connectivity index (χ4n) is 8.91. The molecule has 0 aliphatic carbocycles. The zero-order chi connectivity index (χ0) is 39.7. The van der Waals surface area contributed by atoms with E-state index in [-0.39, 0.29) is 35.9 Å². The Morgan fingerprint density at radius 3 is 2.68 bits per heavy atom. The van der Waals surface area contributed by atoms with Crippen LogP contribution in [0.5, 0.6) is 11.6 Å². The van der Waals surface area contributed by atoms with Crippen molar-refractivity contribution < 1.29 is 23.9 Å². The van der Waals surface area contributed by atoms with Crippen molar-refractivity contribution in [1.82, 2.24) is 30.3 Å². The molecular formula is C43H51N9O5. The zero-order valence-electron chi connectivity index (χ0n) is 33.2. The number of carbonyl (C=O) groups excluding carboxylic acids is 3. The average molecular weight is 774 g/mol. The van der Waals surface area contributed by atoms with Crippen molar-refractivity contribution in [3.63, 3.8) is 0 Å². The number of nitrogens with one attached hydrogen (secondary N) is 2. The molecule has 0 radical (unpaired) electrons. The van der Waals surface area contributed by atoms with Gasteiger partial charge in [-0.2, -0.15) is 0 Å². The first kappa shape index (κ1) is 38.1. The molecule has 4 aliphatic heterocycles. The Morgan fingerprint density at radius 2 is 1.91 bits per heavy atom. The number of carbonyl (C=O) groups is 3. The van der Waals surface area contributed by atoms with Crippen LogP contribution in [0, 0.1) is 6.92 Å². The zero-order valence-corrected chi connectivity index (χ0v) is 33.2. The van der Waals surface area contributed by atoms with Crippen molar-refractivity contribution in [3.05, 3.63) is 83.0 Å². The summed E-state index contributed by atoms with van der Waals surface area (Å²) in [5.41, 5.74) is 7.58. The Bertz CT molecular complexity index is 2160. The predicted octanol–water partition coefficient (Wildman–Crippen LogP) is 4.81. The lowest BCUT2D eigenvalue weighted by molar-refractivity contribution is -0.125. The monoisotopic (exact) mass is 773 g/mol. The number of aryl methyl sites for hydroxylation is 1. The molecular weight excluding hydrogens is 723 g/mol. The van der Waals surface area contributed by atoms with Gasteiger partial charge in [-0.1, -0.05) is 25.1 Å². The number of hydrogen-bond donors (Lipinski definition) is 2. The molecule has 298 valence electrons. The van der Waals surface area contributed by atoms with Crippen LogP contribution in [0.1, 0.15) is 66.6 Å². The van der Waals surface area contributed by atoms with Gasteiger partial charge in [-0.15, -0.1) is 10.2 Å². The van der Waals surface area contributed by atoms with E-state index in [1.165, 1.54) is 0 Å². The van der Waals surface area contributed by atoms with Crippen LogP contribution in [-0.4, -0.2) is 107 Å². The van der Waals surface area contributed by atoms with Crippen molar-refractivity contribution in [2.24, 2.45) is 0 Å². The third-order valence-corrected chi connectivity index (χ3v) is 12.2. The van der Waals surface area contributed by atoms with Gasteiger partial charge in [0.25, 0.3) is 5.91 Å². The maximum Gasteiger partial charge on any atom is 0.254 e. The van der Waals surface area contributed by atoms with Gasteiger partial charge >= 0.3 is 0 Å². The first-order valence-electron chi connectivity index (χ1n) is 20.0. The predicted molar refractivity (Wildman–Crippen MR) is 218 cm³/mol. The molecule has 2 aromatic carbocycles. The highest BCUT2D eigenvalue weighted by molar-refractivity contribution is 5.99. The van der Waals surface area contributed by atoms with Gasteiger partial charge in [0.2, 0.25) is 18.2 Å². The summed E-state index contributed by atoms with van der Waals surface area (Å²) in [4.78, 5) is 49.6. The van der Waals surface area contributed by atoms with Gasteiger partial charge in [0.1, 0.15) is 11.9 Å². The quantitative estimate of drug-likeness (QED) is 0.180. The molecule has 2 aromatic heterocycles. The largest absolute Gasteiger partial charge is 0.496 e. The number of benzene rings is 2. The number of ether oxygens (including phenoxy) is 2. The standard InChI is InChI=1S/C43H51N9O5/c1-5-43-21-33(25-52(43)37-20-36(47-48-40(37)45-26-43)34-8-6-7-9-38(34)56-4)57-41-28(2)18-30(22-44-41)23-49-14-16-50(17-15-49)32-12-11-31-24-51(42(55)35(31)19-32)29(3)10-13-39(54)46-27-53/h6-9,11-12,18-20,22,27,29,33H,5,10,13-17,21,23-26H2,1-4H3,(H,45,48)(H,46,53,54). The van der Waals surface area contributed by atoms with Crippen LogP contribution >= 0.6 is 0 Å². The molecule has 3 atom stereocenters. The lowest BCUT2D eigenvalue weighted by atomic mass is 9.90. The SMILES string of the molecule is CCC12CNc3nnc(-c4ccccc4OC)cc3N1CC(Oc1ncc(CN3CCN(c4ccc5c(c4)C(=O)N(C(C)CCC(=O)NC=O)C5)CC3)cc1C)C2. The van der Waals surface area contributed by atoms with Gasteiger partial charge in [0.15, 0.2) is 5.82 Å². The van der Waals surface area contributed by atoms with Crippen molar-refractivity contribution in [3.8, 4) is 22.9 Å². The molecule has 14 heteroatoms. The van der Waals surface area contributed by atoms with Crippen LogP contribution in [-0.2, 0) is 22.7 Å². The number of nitrogens with zero attached hydrogens (tertiary/aromatic N) is 7. The van der Waals surface area contributed by atoms with E-state index in [1.807, 2.05) is 48.4 Å². The van der Waals surface area contributed by atoms with Crippen LogP contribution < -0.4 is 29.9 Å². The molecule has 3 amide bonds. The van der Waals surface area contributed by atoms with Crippen molar-refractivity contribution in [2.75, 3.05) is 61.5 Å². The van der Waals surface area contributed by atoms with Crippen LogP contribution in [0.3, 0.4) is 0 Å². The van der Waals surface area contributed by atoms with Gasteiger partial charge in [-0.25, -0.2) is 4.98 Å². The number of fused-ring (bicyclic) bond motifs is 4. The molecule has 0 bridgehead atoms. The van der Waals surface area contributed by atoms with Crippen molar-refractivity contribution >= 4 is 35.4 Å². The van der Waals surface area contributed by atoms with Crippen molar-refractivity contribution in [1.29, 1.82) is 0 Å². The molecule has 4 aromatic rings. The van der Waals surface area contributed by atoms with Gasteiger partial charge in [-0.3, -0.25) is 24.6 Å². The van der Waals surface area contributed by atoms with Gasteiger partial charge in [0, 0.05) is 93.3 Å². The minimum atomic E-state index is -0.331. The van der Waals surface area contributed by atoms with E-state index < -0.39 is 0 Å². The Morgan fingerprint density at radius 1 is 1.09 bits per heavy atom. The number of rotatable bonds is 13. The van der Waals surface area contributed by atoms with E-state index in [0.29, 0.717) is 25.3 Å². The summed E-state index contributed by atoms with van der Waals surface area (Å²) in [5.74, 6) is 1.89. The fourth-order valence-corrected chi connectivity index (χ4v) is 8.91. The Hall–Kier alpha value is -5.76. The number of hydrogen-bond acceptors (Lipinski definition) is 12. The molecule has 2 N–H and O–H groups in total. The lowest BCUT2D eigenvalue weighted by Gasteiger charge is -2.43. The highest BCUT2D eigenvalue weighted by atomic mass is 16.5. The van der Waals surface area contributed by atoms with E-state index in [4.69, 9.17) is 14.5 Å². The molecule has 0 saturated carbocycles. The molecule has 57 heavy (non-hydrogen) atoms. The summed E-state index contributed by atoms with van der Waals surface area (Å²) in [6.07, 6.45) is 4.83. The third kappa shape index (κ3) is 7.57. The number of amides is 3. The van der Waals surface area contributed by atoms with E-state index in [0.717, 1.165) is 115 Å². The fraction of sp³-hybridized carbons (Fsp3) is 0.442. The molecule has 4 aliphatic rings. The molecule has 6 heterocycles. The number of aromatic nitrogens is 3. The second-order valence-corrected chi connectivity index (χ2v) is 15.7. The molecule has 2 fully saturated rings. The maximum atomic E-state index is 13.4. The summed E-state index contributed by atoms with van der Waals surface area (Å²) in [6.45, 7) is 12.6. The van der Waals surface area contributed by atoms with Crippen LogP contribution in [0.2, 0.25) is 0 Å². The molecule has 2 saturated heterocycles. The molecule has 14 nitrogen and oxygen atoms in total. The second kappa shape index (κ2) is 16.0. The molecule has 8 rings (SSSR count). The number of methoxy groups -OCH3 is 1. The Kier molecular flexibility index (Phi) is 10.7. The van der Waals surface area contributed by atoms with E-state index in [9.17, 15) is 14.4 Å². The van der Waals surface area contributed by atoms with E-state index in [2.05, 4.69) is 73.6 Å². The smallest absolute Gasteiger partial charge is 0.254 e. The number of anilines is 3. The summed E-state index contributed by atoms with van der Waals surface area (Å²) in [7, 11) is 1.67. The van der Waals surface area contributed by atoms with Gasteiger partial charge in [-0.05, 0) is 74.2 Å². The molecule has 0 spiro atoms. The average Bonchev–Trinajstić information content (AvgIpc) is 3.78. The van der Waals surface area contributed by atoms with E-state index in [1.54, 1.807) is 7.11 Å².